The fraction of sp³-hybridized carbons (Fsp3) is 0.900. The molecule has 0 amide bonds. The van der Waals surface area contributed by atoms with Gasteiger partial charge in [-0.25, -0.2) is 0 Å². The lowest BCUT2D eigenvalue weighted by Crippen LogP contribution is -2.44. The summed E-state index contributed by atoms with van der Waals surface area (Å²) in [5.41, 5.74) is 0.0525. The first-order valence-electron chi connectivity index (χ1n) is 4.89. The highest BCUT2D eigenvalue weighted by Gasteiger charge is 2.34. The Bertz CT molecular complexity index is 187. The lowest BCUT2D eigenvalue weighted by molar-refractivity contribution is -0.165. The highest BCUT2D eigenvalue weighted by Crippen LogP contribution is 2.26. The van der Waals surface area contributed by atoms with E-state index < -0.39 is 0 Å². The molecule has 0 radical (unpaired) electrons. The van der Waals surface area contributed by atoms with Crippen LogP contribution >= 0.6 is 0 Å². The zero-order chi connectivity index (χ0) is 10.4. The molecule has 0 unspecified atom stereocenters. The topological polar surface area (TPSA) is 44.8 Å². The van der Waals surface area contributed by atoms with Gasteiger partial charge < -0.3 is 14.2 Å². The molecule has 4 heteroatoms. The minimum atomic E-state index is -0.143. The second-order valence-electron chi connectivity index (χ2n) is 4.06. The van der Waals surface area contributed by atoms with E-state index in [9.17, 15) is 4.79 Å². The Labute approximate surface area is 84.5 Å². The van der Waals surface area contributed by atoms with Crippen LogP contribution in [0.15, 0.2) is 0 Å². The van der Waals surface area contributed by atoms with Crippen molar-refractivity contribution in [2.75, 3.05) is 33.5 Å². The van der Waals surface area contributed by atoms with Gasteiger partial charge in [0.15, 0.2) is 0 Å². The molecular formula is C10H18O4. The quantitative estimate of drug-likeness (QED) is 0.476. The Morgan fingerprint density at radius 2 is 2.21 bits per heavy atom. The molecule has 82 valence electrons. The van der Waals surface area contributed by atoms with Crippen LogP contribution in [0.3, 0.4) is 0 Å². The number of rotatable bonds is 6. The summed E-state index contributed by atoms with van der Waals surface area (Å²) in [6.45, 7) is 4.52. The third kappa shape index (κ3) is 3.64. The lowest BCUT2D eigenvalue weighted by Gasteiger charge is -2.37. The summed E-state index contributed by atoms with van der Waals surface area (Å²) >= 11 is 0. The van der Waals surface area contributed by atoms with Crippen molar-refractivity contribution in [1.82, 2.24) is 0 Å². The smallest absolute Gasteiger partial charge is 0.305 e. The summed E-state index contributed by atoms with van der Waals surface area (Å²) in [6, 6.07) is 0. The predicted molar refractivity (Wildman–Crippen MR) is 51.0 cm³/mol. The van der Waals surface area contributed by atoms with Crippen LogP contribution in [0.1, 0.15) is 19.8 Å². The maximum atomic E-state index is 11.2. The molecule has 0 N–H and O–H groups in total. The van der Waals surface area contributed by atoms with Gasteiger partial charge in [-0.15, -0.1) is 0 Å². The third-order valence-corrected chi connectivity index (χ3v) is 2.21. The Hall–Kier alpha value is -0.610. The Kier molecular flexibility index (Phi) is 4.35. The van der Waals surface area contributed by atoms with Crippen LogP contribution in [0.4, 0.5) is 0 Å². The molecule has 0 bridgehead atoms. The molecule has 0 aromatic rings. The fourth-order valence-corrected chi connectivity index (χ4v) is 1.22. The molecule has 0 aromatic heterocycles. The monoisotopic (exact) mass is 202 g/mol. The largest absolute Gasteiger partial charge is 0.465 e. The third-order valence-electron chi connectivity index (χ3n) is 2.21. The van der Waals surface area contributed by atoms with Gasteiger partial charge in [-0.3, -0.25) is 4.79 Å². The summed E-state index contributed by atoms with van der Waals surface area (Å²) in [4.78, 5) is 11.2. The SMILES string of the molecule is COCCCC(=O)OCC1(C)COC1. The van der Waals surface area contributed by atoms with E-state index in [1.165, 1.54) is 0 Å². The van der Waals surface area contributed by atoms with Crippen LogP contribution in [-0.4, -0.2) is 39.5 Å². The molecule has 1 saturated heterocycles. The van der Waals surface area contributed by atoms with E-state index in [4.69, 9.17) is 14.2 Å². The summed E-state index contributed by atoms with van der Waals surface area (Å²) in [5.74, 6) is -0.143. The highest BCUT2D eigenvalue weighted by atomic mass is 16.5. The molecule has 4 nitrogen and oxygen atoms in total. The molecule has 0 saturated carbocycles. The predicted octanol–water partition coefficient (Wildman–Crippen LogP) is 0.993. The maximum absolute atomic E-state index is 11.2. The van der Waals surface area contributed by atoms with E-state index in [0.717, 1.165) is 6.42 Å². The molecule has 0 aromatic carbocycles. The van der Waals surface area contributed by atoms with Crippen molar-refractivity contribution in [3.05, 3.63) is 0 Å². The van der Waals surface area contributed by atoms with Gasteiger partial charge >= 0.3 is 5.97 Å². The highest BCUT2D eigenvalue weighted by molar-refractivity contribution is 5.69. The van der Waals surface area contributed by atoms with Crippen LogP contribution in [0.25, 0.3) is 0 Å². The maximum Gasteiger partial charge on any atom is 0.305 e. The summed E-state index contributed by atoms with van der Waals surface area (Å²) in [7, 11) is 1.62. The number of methoxy groups -OCH3 is 1. The zero-order valence-corrected chi connectivity index (χ0v) is 8.88. The molecule has 1 fully saturated rings. The van der Waals surface area contributed by atoms with E-state index in [1.807, 2.05) is 0 Å². The van der Waals surface area contributed by atoms with Gasteiger partial charge in [0.1, 0.15) is 6.61 Å². The number of hydrogen-bond acceptors (Lipinski definition) is 4. The zero-order valence-electron chi connectivity index (χ0n) is 8.88. The first-order chi connectivity index (χ1) is 6.66. The van der Waals surface area contributed by atoms with Gasteiger partial charge in [-0.1, -0.05) is 6.92 Å². The number of carbonyl (C=O) groups is 1. The molecular weight excluding hydrogens is 184 g/mol. The summed E-state index contributed by atoms with van der Waals surface area (Å²) in [5, 5.41) is 0. The van der Waals surface area contributed by atoms with E-state index in [-0.39, 0.29) is 11.4 Å². The van der Waals surface area contributed by atoms with Gasteiger partial charge in [0.2, 0.25) is 0 Å². The molecule has 1 heterocycles. The molecule has 1 rings (SSSR count). The van der Waals surface area contributed by atoms with Crippen LogP contribution in [0.2, 0.25) is 0 Å². The summed E-state index contributed by atoms with van der Waals surface area (Å²) < 4.78 is 15.0. The number of carbonyl (C=O) groups excluding carboxylic acids is 1. The van der Waals surface area contributed by atoms with Crippen molar-refractivity contribution in [3.63, 3.8) is 0 Å². The van der Waals surface area contributed by atoms with Crippen molar-refractivity contribution in [2.24, 2.45) is 5.41 Å². The minimum Gasteiger partial charge on any atom is -0.465 e. The second kappa shape index (κ2) is 5.32. The van der Waals surface area contributed by atoms with Crippen molar-refractivity contribution >= 4 is 5.97 Å². The number of ether oxygens (including phenoxy) is 3. The standard InChI is InChI=1S/C10H18O4/c1-10(6-13-7-10)8-14-9(11)4-3-5-12-2/h3-8H2,1-2H3. The fourth-order valence-electron chi connectivity index (χ4n) is 1.22. The van der Waals surface area contributed by atoms with Crippen LogP contribution in [0.5, 0.6) is 0 Å². The Balaban J connectivity index is 2.03. The molecule has 14 heavy (non-hydrogen) atoms. The minimum absolute atomic E-state index is 0.0525. The van der Waals surface area contributed by atoms with Crippen molar-refractivity contribution in [1.29, 1.82) is 0 Å². The number of esters is 1. The molecule has 1 aliphatic rings. The average Bonchev–Trinajstić information content (AvgIpc) is 2.12. The Morgan fingerprint density at radius 3 is 2.71 bits per heavy atom. The lowest BCUT2D eigenvalue weighted by atomic mass is 9.90. The summed E-state index contributed by atoms with van der Waals surface area (Å²) in [6.07, 6.45) is 1.16. The van der Waals surface area contributed by atoms with E-state index in [0.29, 0.717) is 32.8 Å². The van der Waals surface area contributed by atoms with Gasteiger partial charge in [-0.2, -0.15) is 0 Å². The van der Waals surface area contributed by atoms with Gasteiger partial charge in [0, 0.05) is 25.6 Å². The first-order valence-corrected chi connectivity index (χ1v) is 4.89. The van der Waals surface area contributed by atoms with Crippen LogP contribution in [0, 0.1) is 5.41 Å². The number of hydrogen-bond donors (Lipinski definition) is 0. The van der Waals surface area contributed by atoms with Crippen molar-refractivity contribution in [3.8, 4) is 0 Å². The van der Waals surface area contributed by atoms with E-state index in [1.54, 1.807) is 7.11 Å². The first kappa shape index (κ1) is 11.5. The molecule has 0 atom stereocenters. The van der Waals surface area contributed by atoms with E-state index >= 15 is 0 Å². The van der Waals surface area contributed by atoms with Crippen molar-refractivity contribution < 1.29 is 19.0 Å². The van der Waals surface area contributed by atoms with Gasteiger partial charge in [0.05, 0.1) is 13.2 Å². The van der Waals surface area contributed by atoms with Gasteiger partial charge in [-0.05, 0) is 6.42 Å². The van der Waals surface area contributed by atoms with Crippen molar-refractivity contribution in [2.45, 2.75) is 19.8 Å². The Morgan fingerprint density at radius 1 is 1.50 bits per heavy atom. The normalized spacial score (nSPS) is 18.7. The van der Waals surface area contributed by atoms with Gasteiger partial charge in [0.25, 0.3) is 0 Å². The van der Waals surface area contributed by atoms with Crippen LogP contribution in [-0.2, 0) is 19.0 Å². The molecule has 1 aliphatic heterocycles. The molecule has 0 aliphatic carbocycles. The van der Waals surface area contributed by atoms with Crippen LogP contribution < -0.4 is 0 Å². The average molecular weight is 202 g/mol. The van der Waals surface area contributed by atoms with E-state index in [2.05, 4.69) is 6.92 Å². The second-order valence-corrected chi connectivity index (χ2v) is 4.06. The molecule has 0 spiro atoms.